The highest BCUT2D eigenvalue weighted by molar-refractivity contribution is 7.91. The quantitative estimate of drug-likeness (QED) is 0.511. The summed E-state index contributed by atoms with van der Waals surface area (Å²) in [4.78, 5) is 12.8. The Kier molecular flexibility index (Phi) is 7.68. The van der Waals surface area contributed by atoms with Crippen LogP contribution in [-0.4, -0.2) is 52.9 Å². The maximum atomic E-state index is 13.4. The van der Waals surface area contributed by atoms with Crippen molar-refractivity contribution in [3.05, 3.63) is 65.7 Å². The predicted octanol–water partition coefficient (Wildman–Crippen LogP) is 4.12. The van der Waals surface area contributed by atoms with Crippen LogP contribution in [0.1, 0.15) is 17.5 Å². The van der Waals surface area contributed by atoms with E-state index in [4.69, 9.17) is 4.74 Å². The van der Waals surface area contributed by atoms with Gasteiger partial charge in [0.1, 0.15) is 18.9 Å². The van der Waals surface area contributed by atoms with E-state index in [-0.39, 0.29) is 13.1 Å². The Balaban J connectivity index is 1.62. The van der Waals surface area contributed by atoms with Crippen molar-refractivity contribution in [2.45, 2.75) is 38.7 Å². The zero-order valence-corrected chi connectivity index (χ0v) is 22.6. The SMILES string of the molecule is C[Si](C)(C)CCN1C(=O)CN(c2ccc(/C=C/C3CCNC3)cc2OCc2ccccc2)S1(=O)=O. The van der Waals surface area contributed by atoms with E-state index in [1.807, 2.05) is 42.5 Å². The third-order valence-corrected chi connectivity index (χ3v) is 9.88. The van der Waals surface area contributed by atoms with E-state index < -0.39 is 24.2 Å². The Hall–Kier alpha value is -2.62. The first-order chi connectivity index (χ1) is 16.6. The van der Waals surface area contributed by atoms with Gasteiger partial charge in [0.15, 0.2) is 0 Å². The maximum Gasteiger partial charge on any atom is 0.329 e. The minimum absolute atomic E-state index is 0.210. The molecule has 1 amide bonds. The van der Waals surface area contributed by atoms with Crippen LogP contribution < -0.4 is 14.4 Å². The Morgan fingerprint density at radius 3 is 2.60 bits per heavy atom. The van der Waals surface area contributed by atoms with Crippen molar-refractivity contribution in [3.8, 4) is 5.75 Å². The molecule has 0 aliphatic carbocycles. The molecule has 0 aromatic heterocycles. The molecular formula is C26H35N3O4SSi. The molecule has 0 spiro atoms. The van der Waals surface area contributed by atoms with Gasteiger partial charge < -0.3 is 10.1 Å². The van der Waals surface area contributed by atoms with Crippen molar-refractivity contribution < 1.29 is 17.9 Å². The van der Waals surface area contributed by atoms with Crippen molar-refractivity contribution in [2.24, 2.45) is 5.92 Å². The summed E-state index contributed by atoms with van der Waals surface area (Å²) in [5.74, 6) is 0.541. The first kappa shape index (κ1) is 25.5. The summed E-state index contributed by atoms with van der Waals surface area (Å²) < 4.78 is 35.2. The molecule has 0 bridgehead atoms. The molecule has 1 unspecified atom stereocenters. The van der Waals surface area contributed by atoms with Gasteiger partial charge in [0.25, 0.3) is 5.91 Å². The number of rotatable bonds is 9. The average molecular weight is 514 g/mol. The molecule has 2 aromatic rings. The van der Waals surface area contributed by atoms with Gasteiger partial charge in [-0.3, -0.25) is 4.79 Å². The van der Waals surface area contributed by atoms with E-state index in [1.54, 1.807) is 6.07 Å². The smallest absolute Gasteiger partial charge is 0.329 e. The summed E-state index contributed by atoms with van der Waals surface area (Å²) in [5, 5.41) is 3.36. The molecule has 2 saturated heterocycles. The van der Waals surface area contributed by atoms with Crippen LogP contribution in [0.15, 0.2) is 54.6 Å². The van der Waals surface area contributed by atoms with Gasteiger partial charge in [-0.1, -0.05) is 68.2 Å². The van der Waals surface area contributed by atoms with Crippen molar-refractivity contribution in [1.29, 1.82) is 0 Å². The highest BCUT2D eigenvalue weighted by Gasteiger charge is 2.43. The summed E-state index contributed by atoms with van der Waals surface area (Å²) in [6, 6.07) is 16.0. The number of benzene rings is 2. The molecule has 2 aliphatic rings. The predicted molar refractivity (Wildman–Crippen MR) is 143 cm³/mol. The first-order valence-electron chi connectivity index (χ1n) is 12.2. The summed E-state index contributed by atoms with van der Waals surface area (Å²) >= 11 is 0. The van der Waals surface area contributed by atoms with E-state index >= 15 is 0 Å². The number of carbonyl (C=O) groups is 1. The van der Waals surface area contributed by atoms with Crippen LogP contribution in [0, 0.1) is 5.92 Å². The van der Waals surface area contributed by atoms with E-state index in [9.17, 15) is 13.2 Å². The van der Waals surface area contributed by atoms with Gasteiger partial charge in [0.2, 0.25) is 0 Å². The van der Waals surface area contributed by atoms with Crippen molar-refractivity contribution in [2.75, 3.05) is 30.5 Å². The first-order valence-corrected chi connectivity index (χ1v) is 17.3. The lowest BCUT2D eigenvalue weighted by Crippen LogP contribution is -2.37. The molecule has 35 heavy (non-hydrogen) atoms. The zero-order valence-electron chi connectivity index (χ0n) is 20.7. The highest BCUT2D eigenvalue weighted by Crippen LogP contribution is 2.36. The maximum absolute atomic E-state index is 13.4. The van der Waals surface area contributed by atoms with Gasteiger partial charge in [0, 0.05) is 21.2 Å². The highest BCUT2D eigenvalue weighted by atomic mass is 32.2. The zero-order chi connectivity index (χ0) is 25.1. The summed E-state index contributed by atoms with van der Waals surface area (Å²) in [7, 11) is -5.48. The largest absolute Gasteiger partial charge is 0.487 e. The molecule has 1 atom stereocenters. The van der Waals surface area contributed by atoms with Crippen LogP contribution >= 0.6 is 0 Å². The van der Waals surface area contributed by atoms with Crippen LogP contribution in [0.25, 0.3) is 6.08 Å². The molecule has 0 radical (unpaired) electrons. The average Bonchev–Trinajstić information content (AvgIpc) is 3.41. The van der Waals surface area contributed by atoms with Crippen molar-refractivity contribution in [3.63, 3.8) is 0 Å². The molecule has 1 N–H and O–H groups in total. The van der Waals surface area contributed by atoms with Crippen LogP contribution in [0.5, 0.6) is 5.75 Å². The van der Waals surface area contributed by atoms with Gasteiger partial charge in [-0.15, -0.1) is 0 Å². The fourth-order valence-corrected chi connectivity index (χ4v) is 6.80. The summed E-state index contributed by atoms with van der Waals surface area (Å²) in [5.41, 5.74) is 2.31. The second kappa shape index (κ2) is 10.6. The number of ether oxygens (including phenoxy) is 1. The lowest BCUT2D eigenvalue weighted by Gasteiger charge is -2.24. The van der Waals surface area contributed by atoms with Gasteiger partial charge in [-0.2, -0.15) is 8.42 Å². The van der Waals surface area contributed by atoms with Gasteiger partial charge >= 0.3 is 10.2 Å². The second-order valence-electron chi connectivity index (χ2n) is 10.4. The monoisotopic (exact) mass is 513 g/mol. The van der Waals surface area contributed by atoms with Crippen LogP contribution in [-0.2, 0) is 21.6 Å². The molecule has 9 heteroatoms. The van der Waals surface area contributed by atoms with E-state index in [1.165, 1.54) is 4.31 Å². The van der Waals surface area contributed by atoms with Crippen LogP contribution in [0.4, 0.5) is 5.69 Å². The Morgan fingerprint density at radius 2 is 1.91 bits per heavy atom. The molecule has 0 saturated carbocycles. The van der Waals surface area contributed by atoms with E-state index in [2.05, 4.69) is 37.1 Å². The molecule has 2 aromatic carbocycles. The van der Waals surface area contributed by atoms with Gasteiger partial charge in [-0.25, -0.2) is 8.61 Å². The number of carbonyl (C=O) groups excluding carboxylic acids is 1. The number of hydrogen-bond acceptors (Lipinski definition) is 5. The lowest BCUT2D eigenvalue weighted by atomic mass is 10.1. The number of nitrogens with zero attached hydrogens (tertiary/aromatic N) is 2. The van der Waals surface area contributed by atoms with Crippen LogP contribution in [0.2, 0.25) is 25.7 Å². The Morgan fingerprint density at radius 1 is 1.14 bits per heavy atom. The number of nitrogens with one attached hydrogen (secondary N) is 1. The molecule has 2 fully saturated rings. The third-order valence-electron chi connectivity index (χ3n) is 6.33. The number of anilines is 1. The van der Waals surface area contributed by atoms with E-state index in [0.717, 1.165) is 41.0 Å². The number of hydrogen-bond donors (Lipinski definition) is 1. The molecular weight excluding hydrogens is 478 g/mol. The van der Waals surface area contributed by atoms with Crippen molar-refractivity contribution in [1.82, 2.24) is 9.62 Å². The van der Waals surface area contributed by atoms with E-state index in [0.29, 0.717) is 24.0 Å². The summed E-state index contributed by atoms with van der Waals surface area (Å²) in [6.07, 6.45) is 5.35. The number of amides is 1. The minimum atomic E-state index is -3.96. The lowest BCUT2D eigenvalue weighted by molar-refractivity contribution is -0.123. The molecule has 2 aliphatic heterocycles. The minimum Gasteiger partial charge on any atom is -0.487 e. The third kappa shape index (κ3) is 6.34. The van der Waals surface area contributed by atoms with Gasteiger partial charge in [-0.05, 0) is 48.2 Å². The normalized spacial score (nSPS) is 20.2. The standard InChI is InChI=1S/C26H35N3O4SSi/c1-35(2,3)16-15-28-26(30)19-29(34(28,31)32)24-12-11-21(9-10-22-13-14-27-18-22)17-25(24)33-20-23-7-5-4-6-8-23/h4-12,17,22,27H,13-16,18-20H2,1-3H3/b10-9+. The van der Waals surface area contributed by atoms with Gasteiger partial charge in [0.05, 0.1) is 5.69 Å². The molecule has 4 rings (SSSR count). The topological polar surface area (TPSA) is 79.0 Å². The fraction of sp³-hybridized carbons (Fsp3) is 0.423. The second-order valence-corrected chi connectivity index (χ2v) is 17.8. The van der Waals surface area contributed by atoms with Crippen LogP contribution in [0.3, 0.4) is 0 Å². The Bertz CT molecular complexity index is 1170. The van der Waals surface area contributed by atoms with Crippen molar-refractivity contribution >= 4 is 36.0 Å². The molecule has 2 heterocycles. The molecule has 7 nitrogen and oxygen atoms in total. The summed E-state index contributed by atoms with van der Waals surface area (Å²) in [6.45, 7) is 8.81. The fourth-order valence-electron chi connectivity index (χ4n) is 4.20. The molecule has 188 valence electrons. The Labute approximate surface area is 210 Å².